The minimum absolute atomic E-state index is 0.184. The Bertz CT molecular complexity index is 987. The van der Waals surface area contributed by atoms with Gasteiger partial charge in [-0.05, 0) is 55.1 Å². The maximum Gasteiger partial charge on any atom is 0.266 e. The van der Waals surface area contributed by atoms with Crippen LogP contribution in [0.15, 0.2) is 52.4 Å². The lowest BCUT2D eigenvalue weighted by Gasteiger charge is -2.08. The van der Waals surface area contributed by atoms with E-state index in [0.29, 0.717) is 26.4 Å². The molecule has 2 aromatic rings. The first-order chi connectivity index (χ1) is 13.3. The molecule has 28 heavy (non-hydrogen) atoms. The van der Waals surface area contributed by atoms with Gasteiger partial charge in [-0.2, -0.15) is 0 Å². The Morgan fingerprint density at radius 3 is 2.68 bits per heavy atom. The molecule has 144 valence electrons. The quantitative estimate of drug-likeness (QED) is 0.753. The Morgan fingerprint density at radius 2 is 2.00 bits per heavy atom. The van der Waals surface area contributed by atoms with E-state index < -0.39 is 5.91 Å². The zero-order chi connectivity index (χ0) is 20.3. The number of nitrogens with zero attached hydrogens (tertiary/aromatic N) is 2. The number of hydrogen-bond acceptors (Lipinski definition) is 5. The second kappa shape index (κ2) is 8.50. The number of amides is 2. The smallest absolute Gasteiger partial charge is 0.266 e. The predicted molar refractivity (Wildman–Crippen MR) is 113 cm³/mol. The molecule has 2 N–H and O–H groups in total. The molecule has 0 bridgehead atoms. The monoisotopic (exact) mass is 415 g/mol. The summed E-state index contributed by atoms with van der Waals surface area (Å²) in [6.45, 7) is 1.74. The Hall–Kier alpha value is -2.77. The molecule has 0 aliphatic carbocycles. The van der Waals surface area contributed by atoms with Crippen LogP contribution >= 0.6 is 23.4 Å². The van der Waals surface area contributed by atoms with Crippen LogP contribution in [0.4, 0.5) is 5.69 Å². The minimum Gasteiger partial charge on any atom is -0.483 e. The van der Waals surface area contributed by atoms with Crippen molar-refractivity contribution in [1.82, 2.24) is 4.90 Å². The first-order valence-electron chi connectivity index (χ1n) is 8.37. The number of halogens is 1. The lowest BCUT2D eigenvalue weighted by atomic mass is 10.2. The molecule has 0 atom stereocenters. The van der Waals surface area contributed by atoms with Crippen molar-refractivity contribution in [3.8, 4) is 5.75 Å². The summed E-state index contributed by atoms with van der Waals surface area (Å²) in [7, 11) is 1.67. The lowest BCUT2D eigenvalue weighted by molar-refractivity contribution is -0.121. The van der Waals surface area contributed by atoms with Gasteiger partial charge in [0.2, 0.25) is 0 Å². The van der Waals surface area contributed by atoms with Crippen molar-refractivity contribution in [2.75, 3.05) is 13.7 Å². The van der Waals surface area contributed by atoms with Gasteiger partial charge in [0.05, 0.1) is 10.6 Å². The summed E-state index contributed by atoms with van der Waals surface area (Å²) < 4.78 is 5.42. The molecule has 0 unspecified atom stereocenters. The van der Waals surface area contributed by atoms with E-state index in [1.54, 1.807) is 31.3 Å². The van der Waals surface area contributed by atoms with Crippen LogP contribution in [-0.2, 0) is 9.59 Å². The number of thioether (sulfide) groups is 1. The molecular weight excluding hydrogens is 398 g/mol. The summed E-state index contributed by atoms with van der Waals surface area (Å²) >= 11 is 7.33. The third-order valence-electron chi connectivity index (χ3n) is 3.89. The fraction of sp³-hybridized carbons (Fsp3) is 0.150. The second-order valence-corrected chi connectivity index (χ2v) is 7.59. The number of rotatable bonds is 5. The molecule has 1 aliphatic rings. The van der Waals surface area contributed by atoms with Crippen molar-refractivity contribution in [3.05, 3.63) is 63.5 Å². The van der Waals surface area contributed by atoms with E-state index in [-0.39, 0.29) is 12.5 Å². The number of primary amides is 1. The summed E-state index contributed by atoms with van der Waals surface area (Å²) in [5.41, 5.74) is 7.62. The summed E-state index contributed by atoms with van der Waals surface area (Å²) in [4.78, 5) is 30.1. The number of aryl methyl sites for hydroxylation is 1. The lowest BCUT2D eigenvalue weighted by Crippen LogP contribution is -2.23. The van der Waals surface area contributed by atoms with Crippen molar-refractivity contribution in [2.24, 2.45) is 10.7 Å². The Labute approximate surface area is 172 Å². The van der Waals surface area contributed by atoms with Crippen molar-refractivity contribution >= 4 is 52.1 Å². The molecule has 3 rings (SSSR count). The topological polar surface area (TPSA) is 85.0 Å². The molecule has 2 aromatic carbocycles. The molecule has 2 amide bonds. The van der Waals surface area contributed by atoms with Crippen molar-refractivity contribution in [1.29, 1.82) is 0 Å². The minimum atomic E-state index is -0.591. The highest BCUT2D eigenvalue weighted by molar-refractivity contribution is 8.18. The van der Waals surface area contributed by atoms with Gasteiger partial charge in [0.15, 0.2) is 11.8 Å². The highest BCUT2D eigenvalue weighted by Gasteiger charge is 2.30. The molecule has 1 heterocycles. The molecule has 1 saturated heterocycles. The first kappa shape index (κ1) is 20.0. The van der Waals surface area contributed by atoms with E-state index in [1.165, 1.54) is 16.7 Å². The van der Waals surface area contributed by atoms with E-state index >= 15 is 0 Å². The van der Waals surface area contributed by atoms with Gasteiger partial charge < -0.3 is 10.5 Å². The average Bonchev–Trinajstić information content (AvgIpc) is 2.91. The summed E-state index contributed by atoms with van der Waals surface area (Å²) in [5, 5.41) is 1.05. The van der Waals surface area contributed by atoms with Crippen LogP contribution < -0.4 is 10.5 Å². The van der Waals surface area contributed by atoms with E-state index in [1.807, 2.05) is 31.2 Å². The largest absolute Gasteiger partial charge is 0.483 e. The van der Waals surface area contributed by atoms with Crippen LogP contribution in [0.25, 0.3) is 6.08 Å². The maximum atomic E-state index is 12.6. The van der Waals surface area contributed by atoms with Crippen LogP contribution in [0, 0.1) is 6.92 Å². The summed E-state index contributed by atoms with van der Waals surface area (Å²) in [5.74, 6) is -0.362. The van der Waals surface area contributed by atoms with E-state index in [4.69, 9.17) is 22.1 Å². The summed E-state index contributed by atoms with van der Waals surface area (Å²) in [6, 6.07) is 12.7. The predicted octanol–water partition coefficient (Wildman–Crippen LogP) is 3.75. The van der Waals surface area contributed by atoms with Crippen LogP contribution in [-0.4, -0.2) is 35.5 Å². The number of aliphatic imine (C=N–C) groups is 1. The number of ether oxygens (including phenoxy) is 1. The van der Waals surface area contributed by atoms with Gasteiger partial charge >= 0.3 is 0 Å². The third-order valence-corrected chi connectivity index (χ3v) is 5.19. The van der Waals surface area contributed by atoms with Gasteiger partial charge in [-0.15, -0.1) is 0 Å². The van der Waals surface area contributed by atoms with Gasteiger partial charge in [-0.3, -0.25) is 14.5 Å². The third kappa shape index (κ3) is 4.74. The SMILES string of the molecule is Cc1ccc(N=C2S/C(=C/c3cc(Cl)ccc3OCC(N)=O)C(=O)N2C)cc1. The fourth-order valence-corrected chi connectivity index (χ4v) is 3.59. The van der Waals surface area contributed by atoms with E-state index in [9.17, 15) is 9.59 Å². The highest BCUT2D eigenvalue weighted by Crippen LogP contribution is 2.35. The number of nitrogens with two attached hydrogens (primary N) is 1. The van der Waals surface area contributed by atoms with Gasteiger partial charge in [-0.1, -0.05) is 29.3 Å². The van der Waals surface area contributed by atoms with Crippen molar-refractivity contribution < 1.29 is 14.3 Å². The number of likely N-dealkylation sites (N-methyl/N-ethyl adjacent to an activating group) is 1. The number of amidine groups is 1. The van der Waals surface area contributed by atoms with Crippen LogP contribution in [0.1, 0.15) is 11.1 Å². The van der Waals surface area contributed by atoms with E-state index in [0.717, 1.165) is 11.3 Å². The van der Waals surface area contributed by atoms with Gasteiger partial charge in [-0.25, -0.2) is 4.99 Å². The Kier molecular flexibility index (Phi) is 6.06. The van der Waals surface area contributed by atoms with Gasteiger partial charge in [0.25, 0.3) is 11.8 Å². The molecule has 0 aromatic heterocycles. The highest BCUT2D eigenvalue weighted by atomic mass is 35.5. The second-order valence-electron chi connectivity index (χ2n) is 6.14. The number of carbonyl (C=O) groups is 2. The molecule has 6 nitrogen and oxygen atoms in total. The Balaban J connectivity index is 1.90. The molecular formula is C20H18ClN3O3S. The molecule has 0 spiro atoms. The number of benzene rings is 2. The van der Waals surface area contributed by atoms with Crippen LogP contribution in [0.2, 0.25) is 5.02 Å². The molecule has 1 aliphatic heterocycles. The number of hydrogen-bond donors (Lipinski definition) is 1. The molecule has 0 radical (unpaired) electrons. The first-order valence-corrected chi connectivity index (χ1v) is 9.56. The standard InChI is InChI=1S/C20H18ClN3O3S/c1-12-3-6-15(7-4-12)23-20-24(2)19(26)17(28-20)10-13-9-14(21)5-8-16(13)27-11-18(22)25/h3-10H,11H2,1-2H3,(H2,22,25)/b17-10+,23-20?. The van der Waals surface area contributed by atoms with Crippen LogP contribution in [0.5, 0.6) is 5.75 Å². The average molecular weight is 416 g/mol. The summed E-state index contributed by atoms with van der Waals surface area (Å²) in [6.07, 6.45) is 1.67. The molecule has 0 saturated carbocycles. The van der Waals surface area contributed by atoms with E-state index in [2.05, 4.69) is 4.99 Å². The normalized spacial score (nSPS) is 16.8. The van der Waals surface area contributed by atoms with Crippen molar-refractivity contribution in [2.45, 2.75) is 6.92 Å². The zero-order valence-corrected chi connectivity index (χ0v) is 16.9. The molecule has 1 fully saturated rings. The number of carbonyl (C=O) groups excluding carboxylic acids is 2. The Morgan fingerprint density at radius 1 is 1.29 bits per heavy atom. The fourth-order valence-electron chi connectivity index (χ4n) is 2.44. The van der Waals surface area contributed by atoms with Gasteiger partial charge in [0, 0.05) is 17.6 Å². The maximum absolute atomic E-state index is 12.6. The molecule has 8 heteroatoms. The van der Waals surface area contributed by atoms with Gasteiger partial charge in [0.1, 0.15) is 5.75 Å². The van der Waals surface area contributed by atoms with Crippen LogP contribution in [0.3, 0.4) is 0 Å². The van der Waals surface area contributed by atoms with Crippen molar-refractivity contribution in [3.63, 3.8) is 0 Å². The zero-order valence-electron chi connectivity index (χ0n) is 15.3.